The Morgan fingerprint density at radius 3 is 2.90 bits per heavy atom. The molecule has 0 saturated heterocycles. The van der Waals surface area contributed by atoms with E-state index in [2.05, 4.69) is 27.0 Å². The molecule has 0 bridgehead atoms. The molecule has 1 heterocycles. The minimum Gasteiger partial charge on any atom is -0.242 e. The number of nitrogens with two attached hydrogens (primary N) is 1. The number of pyridine rings is 1. The van der Waals surface area contributed by atoms with Crippen molar-refractivity contribution in [1.82, 2.24) is 4.98 Å². The molecule has 0 spiro atoms. The number of aromatic nitrogens is 1. The van der Waals surface area contributed by atoms with Crippen LogP contribution < -0.4 is 5.84 Å². The van der Waals surface area contributed by atoms with Gasteiger partial charge in [0.1, 0.15) is 10.8 Å². The molecule has 0 aliphatic carbocycles. The third-order valence-electron chi connectivity index (χ3n) is 0.887. The molecule has 0 aliphatic rings. The molecule has 0 unspecified atom stereocenters. The van der Waals surface area contributed by atoms with Crippen molar-refractivity contribution in [3.8, 4) is 0 Å². The quantitative estimate of drug-likeness (QED) is 0.319. The van der Waals surface area contributed by atoms with Gasteiger partial charge < -0.3 is 0 Å². The summed E-state index contributed by atoms with van der Waals surface area (Å²) in [5.41, 5.74) is 0.211. The fraction of sp³-hybridized carbons (Fsp3) is 0. The van der Waals surface area contributed by atoms with E-state index in [0.717, 1.165) is 0 Å². The van der Waals surface area contributed by atoms with E-state index in [1.807, 2.05) is 0 Å². The van der Waals surface area contributed by atoms with Crippen LogP contribution in [0.15, 0.2) is 16.9 Å². The lowest BCUT2D eigenvalue weighted by Gasteiger charge is -1.84. The van der Waals surface area contributed by atoms with Crippen LogP contribution in [0.3, 0.4) is 0 Å². The molecule has 10 heavy (non-hydrogen) atoms. The van der Waals surface area contributed by atoms with Crippen LogP contribution in [-0.2, 0) is 0 Å². The van der Waals surface area contributed by atoms with Gasteiger partial charge in [-0.3, -0.25) is 0 Å². The minimum absolute atomic E-state index is 0.208. The maximum atomic E-state index is 10.4. The summed E-state index contributed by atoms with van der Waals surface area (Å²) in [4.78, 5) is 14.3. The van der Waals surface area contributed by atoms with Crippen molar-refractivity contribution in [3.63, 3.8) is 0 Å². The number of hydrogen-bond acceptors (Lipinski definition) is 2. The van der Waals surface area contributed by atoms with E-state index in [1.54, 1.807) is 0 Å². The molecule has 0 saturated carbocycles. The second-order valence-corrected chi connectivity index (χ2v) is 2.39. The maximum Gasteiger partial charge on any atom is 0.317 e. The summed E-state index contributed by atoms with van der Waals surface area (Å²) in [5.74, 6) is 4.86. The Morgan fingerprint density at radius 1 is 1.80 bits per heavy atom. The van der Waals surface area contributed by atoms with Gasteiger partial charge in [-0.25, -0.2) is 4.98 Å². The molecule has 5 heteroatoms. The van der Waals surface area contributed by atoms with Gasteiger partial charge in [-0.2, -0.15) is 5.84 Å². The monoisotopic (exact) mass is 201 g/mol. The lowest BCUT2D eigenvalue weighted by Crippen LogP contribution is -2.08. The second kappa shape index (κ2) is 2.74. The molecule has 1 aromatic rings. The van der Waals surface area contributed by atoms with Gasteiger partial charge in [-0.15, -0.1) is 0 Å². The minimum atomic E-state index is 0.208. The van der Waals surface area contributed by atoms with E-state index in [0.29, 0.717) is 4.60 Å². The first-order chi connectivity index (χ1) is 4.70. The number of rotatable bonds is 1. The van der Waals surface area contributed by atoms with Crippen LogP contribution in [-0.4, -0.2) is 9.85 Å². The van der Waals surface area contributed by atoms with Gasteiger partial charge in [0.2, 0.25) is 0 Å². The third-order valence-corrected chi connectivity index (χ3v) is 1.32. The topological polar surface area (TPSA) is 59.0 Å². The Kier molecular flexibility index (Phi) is 1.96. The Morgan fingerprint density at radius 2 is 2.50 bits per heavy atom. The van der Waals surface area contributed by atoms with Crippen molar-refractivity contribution in [3.05, 3.63) is 27.8 Å². The molecule has 1 radical (unpaired) electrons. The number of halogens is 1. The summed E-state index contributed by atoms with van der Waals surface area (Å²) in [5, 5.41) is 0. The van der Waals surface area contributed by atoms with E-state index < -0.39 is 0 Å². The molecule has 4 nitrogen and oxygen atoms in total. The lowest BCUT2D eigenvalue weighted by atomic mass is 10.4. The molecule has 1 rings (SSSR count). The fourth-order valence-corrected chi connectivity index (χ4v) is 0.668. The van der Waals surface area contributed by atoms with Gasteiger partial charge in [0.15, 0.2) is 4.87 Å². The Bertz CT molecular complexity index is 246. The summed E-state index contributed by atoms with van der Waals surface area (Å²) in [6.07, 6.45) is 1.33. The standard InChI is InChI=1S/C5H4BrN3O/c6-5-2-1-4(3-8-5)9(7)10/h2-3H,(H2,7,10)/q+1. The molecule has 51 valence electrons. The zero-order valence-corrected chi connectivity index (χ0v) is 6.50. The van der Waals surface area contributed by atoms with Crippen molar-refractivity contribution in [2.24, 2.45) is 5.84 Å². The first kappa shape index (κ1) is 7.14. The molecule has 0 fully saturated rings. The Balaban J connectivity index is 3.00. The van der Waals surface area contributed by atoms with E-state index >= 15 is 0 Å². The summed E-state index contributed by atoms with van der Waals surface area (Å²) >= 11 is 3.09. The molecule has 1 aromatic heterocycles. The fourth-order valence-electron chi connectivity index (χ4n) is 0.451. The first-order valence-corrected chi connectivity index (χ1v) is 3.24. The van der Waals surface area contributed by atoms with Crippen LogP contribution in [0.2, 0.25) is 0 Å². The van der Waals surface area contributed by atoms with Gasteiger partial charge in [0.05, 0.1) is 11.0 Å². The average Bonchev–Trinajstić information content (AvgIpc) is 1.88. The summed E-state index contributed by atoms with van der Waals surface area (Å²) in [7, 11) is 0. The predicted molar refractivity (Wildman–Crippen MR) is 38.2 cm³/mol. The molecule has 0 atom stereocenters. The zero-order valence-electron chi connectivity index (χ0n) is 4.91. The SMILES string of the molecule is N[N+](=O)c1[c]cc(Br)nc1. The van der Waals surface area contributed by atoms with Crippen molar-refractivity contribution in [1.29, 1.82) is 0 Å². The van der Waals surface area contributed by atoms with Gasteiger partial charge in [-0.05, 0) is 22.0 Å². The second-order valence-electron chi connectivity index (χ2n) is 1.58. The van der Waals surface area contributed by atoms with Crippen LogP contribution in [0.1, 0.15) is 0 Å². The molecule has 0 aliphatic heterocycles. The van der Waals surface area contributed by atoms with Crippen LogP contribution >= 0.6 is 15.9 Å². The molecule has 0 amide bonds. The van der Waals surface area contributed by atoms with Crippen molar-refractivity contribution >= 4 is 21.6 Å². The number of nitroso groups, excluding NO2 is 1. The predicted octanol–water partition coefficient (Wildman–Crippen LogP) is 0.928. The highest BCUT2D eigenvalue weighted by atomic mass is 79.9. The van der Waals surface area contributed by atoms with Crippen molar-refractivity contribution in [2.75, 3.05) is 0 Å². The zero-order chi connectivity index (χ0) is 7.56. The highest BCUT2D eigenvalue weighted by Gasteiger charge is 2.07. The van der Waals surface area contributed by atoms with Crippen LogP contribution in [0, 0.1) is 11.0 Å². The van der Waals surface area contributed by atoms with Gasteiger partial charge >= 0.3 is 5.69 Å². The normalized spacial score (nSPS) is 9.30. The van der Waals surface area contributed by atoms with Crippen LogP contribution in [0.4, 0.5) is 5.69 Å². The van der Waals surface area contributed by atoms with Crippen molar-refractivity contribution < 1.29 is 4.87 Å². The van der Waals surface area contributed by atoms with Crippen LogP contribution in [0.5, 0.6) is 0 Å². The Labute approximate surface area is 65.7 Å². The van der Waals surface area contributed by atoms with Crippen molar-refractivity contribution in [2.45, 2.75) is 0 Å². The number of hydrazine groups is 1. The van der Waals surface area contributed by atoms with E-state index in [9.17, 15) is 4.91 Å². The molecular weight excluding hydrogens is 198 g/mol. The lowest BCUT2D eigenvalue weighted by molar-refractivity contribution is -0.475. The van der Waals surface area contributed by atoms with E-state index in [4.69, 9.17) is 5.84 Å². The molecule has 0 aromatic carbocycles. The van der Waals surface area contributed by atoms with Gasteiger partial charge in [0.25, 0.3) is 0 Å². The van der Waals surface area contributed by atoms with E-state index in [1.165, 1.54) is 12.3 Å². The molecular formula is C5H4BrN3O+. The van der Waals surface area contributed by atoms with Gasteiger partial charge in [-0.1, -0.05) is 0 Å². The number of hydrogen-bond donors (Lipinski definition) is 1. The summed E-state index contributed by atoms with van der Waals surface area (Å²) in [6.45, 7) is 0. The van der Waals surface area contributed by atoms with Crippen LogP contribution in [0.25, 0.3) is 0 Å². The largest absolute Gasteiger partial charge is 0.317 e. The third kappa shape index (κ3) is 1.51. The summed E-state index contributed by atoms with van der Waals surface area (Å²) < 4.78 is 0.623. The highest BCUT2D eigenvalue weighted by Crippen LogP contribution is 2.09. The molecule has 2 N–H and O–H groups in total. The smallest absolute Gasteiger partial charge is 0.242 e. The highest BCUT2D eigenvalue weighted by molar-refractivity contribution is 9.10. The average molecular weight is 202 g/mol. The summed E-state index contributed by atoms with van der Waals surface area (Å²) in [6, 6.07) is 4.14. The maximum absolute atomic E-state index is 10.4. The first-order valence-electron chi connectivity index (χ1n) is 2.45. The Hall–Kier alpha value is -0.970. The number of nitrogens with zero attached hydrogens (tertiary/aromatic N) is 2. The van der Waals surface area contributed by atoms with Gasteiger partial charge in [0, 0.05) is 0 Å². The van der Waals surface area contributed by atoms with E-state index in [-0.39, 0.29) is 10.6 Å².